The van der Waals surface area contributed by atoms with Crippen molar-refractivity contribution < 1.29 is 29.4 Å². The number of carboxylic acids is 2. The van der Waals surface area contributed by atoms with Crippen LogP contribution in [0.3, 0.4) is 0 Å². The molecule has 0 saturated carbocycles. The van der Waals surface area contributed by atoms with E-state index < -0.39 is 11.9 Å². The summed E-state index contributed by atoms with van der Waals surface area (Å²) >= 11 is 1.70. The first-order valence-electron chi connectivity index (χ1n) is 16.5. The lowest BCUT2D eigenvalue weighted by Crippen LogP contribution is -2.16. The summed E-state index contributed by atoms with van der Waals surface area (Å²) in [5.41, 5.74) is 10.7. The summed E-state index contributed by atoms with van der Waals surface area (Å²) < 4.78 is 0. The van der Waals surface area contributed by atoms with Crippen LogP contribution in [0.2, 0.25) is 0 Å². The van der Waals surface area contributed by atoms with Crippen LogP contribution in [-0.4, -0.2) is 49.7 Å². The van der Waals surface area contributed by atoms with Crippen LogP contribution in [0.1, 0.15) is 78.1 Å². The molecule has 11 heteroatoms. The first kappa shape index (κ1) is 36.0. The molecule has 0 spiro atoms. The summed E-state index contributed by atoms with van der Waals surface area (Å²) in [6.07, 6.45) is 6.79. The Morgan fingerprint density at radius 1 is 0.760 bits per heavy atom. The Labute approximate surface area is 295 Å². The molecule has 2 aliphatic rings. The lowest BCUT2D eigenvalue weighted by atomic mass is 9.98. The van der Waals surface area contributed by atoms with Crippen molar-refractivity contribution in [2.45, 2.75) is 71.1 Å². The van der Waals surface area contributed by atoms with Crippen molar-refractivity contribution >= 4 is 47.7 Å². The summed E-state index contributed by atoms with van der Waals surface area (Å²) in [6.45, 7) is 11.4. The van der Waals surface area contributed by atoms with E-state index in [1.165, 1.54) is 0 Å². The maximum Gasteiger partial charge on any atom is 0.303 e. The van der Waals surface area contributed by atoms with Gasteiger partial charge in [0.25, 0.3) is 11.8 Å². The lowest BCUT2D eigenvalue weighted by Gasteiger charge is -2.07. The molecule has 10 nitrogen and oxygen atoms in total. The summed E-state index contributed by atoms with van der Waals surface area (Å²) in [7, 11) is 0. The second kappa shape index (κ2) is 15.5. The largest absolute Gasteiger partial charge is 0.481 e. The number of carboxylic acid groups (broad SMARTS) is 2. The molecule has 50 heavy (non-hydrogen) atoms. The Morgan fingerprint density at radius 2 is 1.30 bits per heavy atom. The number of hydrogen-bond acceptors (Lipinski definition) is 5. The number of benzene rings is 1. The van der Waals surface area contributed by atoms with E-state index >= 15 is 0 Å². The molecule has 3 aromatic rings. The van der Waals surface area contributed by atoms with Gasteiger partial charge in [-0.15, -0.1) is 11.8 Å². The van der Waals surface area contributed by atoms with Crippen molar-refractivity contribution in [1.29, 1.82) is 0 Å². The maximum absolute atomic E-state index is 13.0. The SMILES string of the molecule is C=CC1=C(C)C(=O)N/C1=C\c1[nH]c(Cc2[nH]c(/C=C3\NC(=O)C(CCSc4ccccc4)=C3C)c(C)c2CCC(=O)O)c(CCC(=O)O)c1C. The van der Waals surface area contributed by atoms with Crippen molar-refractivity contribution in [2.24, 2.45) is 0 Å². The molecular formula is C39H42N4O6S. The molecule has 260 valence electrons. The van der Waals surface area contributed by atoms with Gasteiger partial charge >= 0.3 is 11.9 Å². The minimum absolute atomic E-state index is 0.0662. The highest BCUT2D eigenvalue weighted by molar-refractivity contribution is 7.99. The molecule has 2 aliphatic heterocycles. The number of aromatic nitrogens is 2. The van der Waals surface area contributed by atoms with Crippen LogP contribution in [0, 0.1) is 13.8 Å². The van der Waals surface area contributed by atoms with Crippen LogP contribution in [0.25, 0.3) is 12.2 Å². The first-order valence-corrected chi connectivity index (χ1v) is 17.5. The van der Waals surface area contributed by atoms with Crippen LogP contribution in [0.15, 0.2) is 81.6 Å². The smallest absolute Gasteiger partial charge is 0.303 e. The standard InChI is InChI=1S/C39H42N4O6S/c1-6-26-24(5)38(48)43-33(26)19-31-22(3)28(13-15-37(46)47)35(41-31)20-34-27(12-14-36(44)45)21(2)30(40-34)18-32-23(4)29(39(49)42-32)16-17-50-25-10-8-7-9-11-25/h6-11,18-19,40-41H,1,12-17,20H2,2-5H3,(H,42,49)(H,43,48)(H,44,45)(H,46,47)/b32-18-,33-19-. The Hall–Kier alpha value is -5.29. The zero-order chi connectivity index (χ0) is 36.1. The van der Waals surface area contributed by atoms with Gasteiger partial charge in [-0.3, -0.25) is 19.2 Å². The number of carbonyl (C=O) groups excluding carboxylic acids is 2. The molecule has 1 aromatic carbocycles. The van der Waals surface area contributed by atoms with E-state index in [9.17, 15) is 29.4 Å². The Kier molecular flexibility index (Phi) is 11.2. The Balaban J connectivity index is 1.49. The molecule has 4 heterocycles. The number of aliphatic carboxylic acids is 2. The van der Waals surface area contributed by atoms with Gasteiger partial charge in [-0.2, -0.15) is 0 Å². The molecule has 0 fully saturated rings. The van der Waals surface area contributed by atoms with Gasteiger partial charge in [-0.1, -0.05) is 30.9 Å². The fourth-order valence-electron chi connectivity index (χ4n) is 6.48. The molecule has 0 bridgehead atoms. The monoisotopic (exact) mass is 694 g/mol. The molecule has 0 unspecified atom stereocenters. The van der Waals surface area contributed by atoms with Crippen molar-refractivity contribution in [1.82, 2.24) is 20.6 Å². The molecule has 0 saturated heterocycles. The topological polar surface area (TPSA) is 164 Å². The van der Waals surface area contributed by atoms with Gasteiger partial charge in [-0.05, 0) is 99.1 Å². The molecule has 0 aliphatic carbocycles. The van der Waals surface area contributed by atoms with E-state index in [-0.39, 0.29) is 31.1 Å². The van der Waals surface area contributed by atoms with Crippen LogP contribution in [0.5, 0.6) is 0 Å². The van der Waals surface area contributed by atoms with Crippen LogP contribution < -0.4 is 10.6 Å². The molecule has 0 atom stereocenters. The van der Waals surface area contributed by atoms with Gasteiger partial charge in [0.05, 0.1) is 5.70 Å². The number of aromatic amines is 2. The maximum atomic E-state index is 13.0. The normalized spacial score (nSPS) is 16.2. The number of hydrogen-bond donors (Lipinski definition) is 6. The summed E-state index contributed by atoms with van der Waals surface area (Å²) in [5.74, 6) is -1.39. The molecule has 0 radical (unpaired) electrons. The Bertz CT molecular complexity index is 2010. The highest BCUT2D eigenvalue weighted by Gasteiger charge is 2.26. The highest BCUT2D eigenvalue weighted by atomic mass is 32.2. The number of H-pyrrole nitrogens is 2. The fraction of sp³-hybridized carbons (Fsp3) is 0.282. The van der Waals surface area contributed by atoms with Gasteiger partial charge < -0.3 is 30.8 Å². The molecule has 2 aromatic heterocycles. The second-order valence-electron chi connectivity index (χ2n) is 12.5. The predicted molar refractivity (Wildman–Crippen MR) is 195 cm³/mol. The number of carbonyl (C=O) groups is 4. The van der Waals surface area contributed by atoms with Gasteiger partial charge in [0.15, 0.2) is 0 Å². The van der Waals surface area contributed by atoms with E-state index in [0.717, 1.165) is 66.8 Å². The fourth-order valence-corrected chi connectivity index (χ4v) is 7.37. The Morgan fingerprint density at radius 3 is 1.84 bits per heavy atom. The summed E-state index contributed by atoms with van der Waals surface area (Å²) in [5, 5.41) is 25.0. The zero-order valence-corrected chi connectivity index (χ0v) is 29.5. The van der Waals surface area contributed by atoms with Crippen LogP contribution in [0.4, 0.5) is 0 Å². The first-order chi connectivity index (χ1) is 23.9. The molecule has 5 rings (SSSR count). The molecule has 6 N–H and O–H groups in total. The summed E-state index contributed by atoms with van der Waals surface area (Å²) in [6, 6.07) is 10.1. The third-order valence-corrected chi connectivity index (χ3v) is 10.4. The number of amides is 2. The van der Waals surface area contributed by atoms with Crippen LogP contribution in [-0.2, 0) is 38.4 Å². The average Bonchev–Trinajstić information content (AvgIpc) is 3.72. The van der Waals surface area contributed by atoms with E-state index in [2.05, 4.69) is 27.2 Å². The minimum atomic E-state index is -0.918. The lowest BCUT2D eigenvalue weighted by molar-refractivity contribution is -0.138. The van der Waals surface area contributed by atoms with Gasteiger partial charge in [0.1, 0.15) is 0 Å². The third-order valence-electron chi connectivity index (χ3n) is 9.35. The van der Waals surface area contributed by atoms with Crippen LogP contribution >= 0.6 is 11.8 Å². The van der Waals surface area contributed by atoms with Crippen molar-refractivity contribution in [2.75, 3.05) is 5.75 Å². The summed E-state index contributed by atoms with van der Waals surface area (Å²) in [4.78, 5) is 56.8. The molecule has 2 amide bonds. The number of nitrogens with one attached hydrogen (secondary N) is 4. The van der Waals surface area contributed by atoms with E-state index in [4.69, 9.17) is 0 Å². The van der Waals surface area contributed by atoms with Gasteiger partial charge in [0.2, 0.25) is 0 Å². The van der Waals surface area contributed by atoms with E-state index in [1.807, 2.05) is 63.3 Å². The van der Waals surface area contributed by atoms with Crippen molar-refractivity contribution in [3.63, 3.8) is 0 Å². The molecular weight excluding hydrogens is 653 g/mol. The predicted octanol–water partition coefficient (Wildman–Crippen LogP) is 6.53. The van der Waals surface area contributed by atoms with Crippen molar-refractivity contribution in [3.05, 3.63) is 122 Å². The van der Waals surface area contributed by atoms with Gasteiger partial charge in [-0.25, -0.2) is 0 Å². The average molecular weight is 695 g/mol. The van der Waals surface area contributed by atoms with Crippen molar-refractivity contribution in [3.8, 4) is 0 Å². The number of allylic oxidation sites excluding steroid dienone is 2. The second-order valence-corrected chi connectivity index (χ2v) is 13.7. The number of thioether (sulfide) groups is 1. The minimum Gasteiger partial charge on any atom is -0.481 e. The number of rotatable bonds is 15. The quantitative estimate of drug-likeness (QED) is 0.0986. The van der Waals surface area contributed by atoms with E-state index in [1.54, 1.807) is 24.8 Å². The zero-order valence-electron chi connectivity index (χ0n) is 28.7. The third kappa shape index (κ3) is 7.94. The van der Waals surface area contributed by atoms with Gasteiger partial charge in [0, 0.05) is 75.1 Å². The highest BCUT2D eigenvalue weighted by Crippen LogP contribution is 2.32. The van der Waals surface area contributed by atoms with E-state index in [0.29, 0.717) is 41.8 Å².